The lowest BCUT2D eigenvalue weighted by molar-refractivity contribution is 0.527. The van der Waals surface area contributed by atoms with Crippen LogP contribution in [0.3, 0.4) is 0 Å². The molecule has 0 bridgehead atoms. The van der Waals surface area contributed by atoms with Gasteiger partial charge in [0.25, 0.3) is 0 Å². The second-order valence-electron chi connectivity index (χ2n) is 4.01. The van der Waals surface area contributed by atoms with Crippen LogP contribution in [0.15, 0.2) is 30.3 Å². The maximum atomic E-state index is 4.10. The molecule has 14 heavy (non-hydrogen) atoms. The van der Waals surface area contributed by atoms with Crippen LogP contribution in [0, 0.1) is 12.8 Å². The molecule has 1 aromatic carbocycles. The zero-order valence-electron chi connectivity index (χ0n) is 9.21. The fraction of sp³-hybridized carbons (Fsp3) is 0.500. The molecule has 0 aromatic heterocycles. The highest BCUT2D eigenvalue weighted by molar-refractivity contribution is 5.14. The van der Waals surface area contributed by atoms with E-state index in [2.05, 4.69) is 44.2 Å². The van der Waals surface area contributed by atoms with Crippen LogP contribution >= 0.6 is 0 Å². The van der Waals surface area contributed by atoms with E-state index in [9.17, 15) is 0 Å². The van der Waals surface area contributed by atoms with Gasteiger partial charge < -0.3 is 0 Å². The van der Waals surface area contributed by atoms with E-state index in [1.54, 1.807) is 0 Å². The number of rotatable bonds is 6. The van der Waals surface area contributed by atoms with E-state index < -0.39 is 0 Å². The van der Waals surface area contributed by atoms with Crippen LogP contribution in [0.2, 0.25) is 0 Å². The van der Waals surface area contributed by atoms with E-state index >= 15 is 0 Å². The summed E-state index contributed by atoms with van der Waals surface area (Å²) in [4.78, 5) is 0. The average Bonchev–Trinajstić information content (AvgIpc) is 2.25. The fourth-order valence-corrected chi connectivity index (χ4v) is 1.61. The summed E-state index contributed by atoms with van der Waals surface area (Å²) in [5, 5.41) is 0. The first kappa shape index (κ1) is 11.3. The summed E-state index contributed by atoms with van der Waals surface area (Å²) in [6, 6.07) is 10.7. The third-order valence-corrected chi connectivity index (χ3v) is 2.75. The predicted molar refractivity (Wildman–Crippen MR) is 63.1 cm³/mol. The van der Waals surface area contributed by atoms with E-state index in [4.69, 9.17) is 0 Å². The van der Waals surface area contributed by atoms with Gasteiger partial charge in [-0.3, -0.25) is 0 Å². The highest BCUT2D eigenvalue weighted by Crippen LogP contribution is 2.12. The van der Waals surface area contributed by atoms with Crippen molar-refractivity contribution in [3.63, 3.8) is 0 Å². The molecule has 0 aliphatic rings. The number of hydrogen-bond donors (Lipinski definition) is 0. The van der Waals surface area contributed by atoms with Crippen LogP contribution in [-0.2, 0) is 6.42 Å². The molecule has 0 N–H and O–H groups in total. The maximum Gasteiger partial charge on any atom is -0.0279 e. The first-order valence-electron chi connectivity index (χ1n) is 5.70. The van der Waals surface area contributed by atoms with Crippen molar-refractivity contribution in [2.24, 2.45) is 5.92 Å². The van der Waals surface area contributed by atoms with Crippen LogP contribution in [0.25, 0.3) is 0 Å². The summed E-state index contributed by atoms with van der Waals surface area (Å²) in [5.41, 5.74) is 1.46. The molecule has 0 aliphatic heterocycles. The lowest BCUT2D eigenvalue weighted by atomic mass is 9.99. The van der Waals surface area contributed by atoms with Gasteiger partial charge in [0.05, 0.1) is 0 Å². The minimum atomic E-state index is 0.658. The molecular formula is C14H21. The Hall–Kier alpha value is -0.780. The van der Waals surface area contributed by atoms with Crippen molar-refractivity contribution in [3.8, 4) is 0 Å². The van der Waals surface area contributed by atoms with Gasteiger partial charge in [0.1, 0.15) is 0 Å². The topological polar surface area (TPSA) is 0 Å². The molecule has 0 saturated heterocycles. The smallest absolute Gasteiger partial charge is 0.0279 e. The third kappa shape index (κ3) is 4.45. The number of benzene rings is 1. The molecule has 0 saturated carbocycles. The average molecular weight is 189 g/mol. The lowest BCUT2D eigenvalue weighted by Crippen LogP contribution is -1.93. The van der Waals surface area contributed by atoms with Gasteiger partial charge in [-0.15, -0.1) is 0 Å². The zero-order chi connectivity index (χ0) is 10.2. The largest absolute Gasteiger partial charge is 0.0651 e. The Morgan fingerprint density at radius 2 is 1.86 bits per heavy atom. The molecule has 0 nitrogen and oxygen atoms in total. The Morgan fingerprint density at radius 3 is 2.50 bits per heavy atom. The quantitative estimate of drug-likeness (QED) is 0.586. The van der Waals surface area contributed by atoms with Crippen molar-refractivity contribution in [2.45, 2.75) is 39.0 Å². The molecule has 0 heteroatoms. The van der Waals surface area contributed by atoms with Crippen molar-refractivity contribution in [1.29, 1.82) is 0 Å². The SMILES string of the molecule is [CH2]C(CC)CCCCc1ccccc1. The highest BCUT2D eigenvalue weighted by Gasteiger charge is 1.98. The van der Waals surface area contributed by atoms with Gasteiger partial charge in [0.2, 0.25) is 0 Å². The lowest BCUT2D eigenvalue weighted by Gasteiger charge is -2.07. The molecule has 0 spiro atoms. The molecule has 1 unspecified atom stereocenters. The maximum absolute atomic E-state index is 4.10. The molecule has 77 valence electrons. The van der Waals surface area contributed by atoms with Crippen LogP contribution in [0.1, 0.15) is 38.2 Å². The zero-order valence-corrected chi connectivity index (χ0v) is 9.21. The Labute approximate surface area is 88.4 Å². The van der Waals surface area contributed by atoms with E-state index in [1.807, 2.05) is 0 Å². The minimum Gasteiger partial charge on any atom is -0.0651 e. The van der Waals surface area contributed by atoms with Crippen molar-refractivity contribution < 1.29 is 0 Å². The third-order valence-electron chi connectivity index (χ3n) is 2.75. The minimum absolute atomic E-state index is 0.658. The molecule has 0 aliphatic carbocycles. The van der Waals surface area contributed by atoms with Gasteiger partial charge in [-0.25, -0.2) is 0 Å². The normalized spacial score (nSPS) is 12.7. The van der Waals surface area contributed by atoms with Crippen LogP contribution < -0.4 is 0 Å². The van der Waals surface area contributed by atoms with Crippen molar-refractivity contribution in [1.82, 2.24) is 0 Å². The van der Waals surface area contributed by atoms with Gasteiger partial charge in [0, 0.05) is 0 Å². The second-order valence-corrected chi connectivity index (χ2v) is 4.01. The molecular weight excluding hydrogens is 168 g/mol. The van der Waals surface area contributed by atoms with Crippen LogP contribution in [-0.4, -0.2) is 0 Å². The predicted octanol–water partition coefficient (Wildman–Crippen LogP) is 4.26. The van der Waals surface area contributed by atoms with Gasteiger partial charge in [-0.05, 0) is 24.3 Å². The van der Waals surface area contributed by atoms with Gasteiger partial charge in [-0.1, -0.05) is 63.4 Å². The van der Waals surface area contributed by atoms with Gasteiger partial charge in [0.15, 0.2) is 0 Å². The van der Waals surface area contributed by atoms with E-state index in [-0.39, 0.29) is 0 Å². The molecule has 1 radical (unpaired) electrons. The summed E-state index contributed by atoms with van der Waals surface area (Å²) < 4.78 is 0. The van der Waals surface area contributed by atoms with E-state index in [1.165, 1.54) is 37.7 Å². The second kappa shape index (κ2) is 6.64. The number of hydrogen-bond acceptors (Lipinski definition) is 0. The van der Waals surface area contributed by atoms with E-state index in [0.717, 1.165) is 0 Å². The van der Waals surface area contributed by atoms with Crippen LogP contribution in [0.4, 0.5) is 0 Å². The van der Waals surface area contributed by atoms with E-state index in [0.29, 0.717) is 5.92 Å². The fourth-order valence-electron chi connectivity index (χ4n) is 1.61. The summed E-state index contributed by atoms with van der Waals surface area (Å²) in [6.07, 6.45) is 6.33. The van der Waals surface area contributed by atoms with Crippen LogP contribution in [0.5, 0.6) is 0 Å². The highest BCUT2D eigenvalue weighted by atomic mass is 14.0. The van der Waals surface area contributed by atoms with Crippen molar-refractivity contribution in [3.05, 3.63) is 42.8 Å². The molecule has 1 rings (SSSR count). The number of aryl methyl sites for hydroxylation is 1. The first-order chi connectivity index (χ1) is 6.83. The Morgan fingerprint density at radius 1 is 1.14 bits per heavy atom. The summed E-state index contributed by atoms with van der Waals surface area (Å²) in [6.45, 7) is 6.32. The monoisotopic (exact) mass is 189 g/mol. The Bertz CT molecular complexity index is 225. The molecule has 0 amide bonds. The summed E-state index contributed by atoms with van der Waals surface area (Å²) in [7, 11) is 0. The Balaban J connectivity index is 2.10. The standard InChI is InChI=1S/C14H21/c1-3-13(2)9-7-8-12-14-10-5-4-6-11-14/h4-6,10-11,13H,2-3,7-9,12H2,1H3. The Kier molecular flexibility index (Phi) is 5.36. The van der Waals surface area contributed by atoms with Gasteiger partial charge >= 0.3 is 0 Å². The first-order valence-corrected chi connectivity index (χ1v) is 5.70. The summed E-state index contributed by atoms with van der Waals surface area (Å²) in [5.74, 6) is 0.658. The van der Waals surface area contributed by atoms with Crippen molar-refractivity contribution in [2.75, 3.05) is 0 Å². The van der Waals surface area contributed by atoms with Gasteiger partial charge in [-0.2, -0.15) is 0 Å². The molecule has 1 aromatic rings. The van der Waals surface area contributed by atoms with Crippen molar-refractivity contribution >= 4 is 0 Å². The molecule has 0 heterocycles. The molecule has 1 atom stereocenters. The summed E-state index contributed by atoms with van der Waals surface area (Å²) >= 11 is 0. The molecule has 0 fully saturated rings. The number of unbranched alkanes of at least 4 members (excludes halogenated alkanes) is 1.